The zero-order valence-corrected chi connectivity index (χ0v) is 14.0. The van der Waals surface area contributed by atoms with E-state index in [1.807, 2.05) is 32.8 Å². The van der Waals surface area contributed by atoms with Gasteiger partial charge in [0.15, 0.2) is 0 Å². The summed E-state index contributed by atoms with van der Waals surface area (Å²) in [7, 11) is 0. The van der Waals surface area contributed by atoms with Crippen LogP contribution >= 0.6 is 0 Å². The third-order valence-corrected chi connectivity index (χ3v) is 3.66. The zero-order valence-electron chi connectivity index (χ0n) is 14.0. The van der Waals surface area contributed by atoms with Gasteiger partial charge in [-0.05, 0) is 39.8 Å². The standard InChI is InChI=1S/C17H20F3N3O/c1-10(2)23(11(3)4)16(24)13-8-6-5-7-12(13)14-9-15(22-21-14)17(18,19)20/h5-11H,1-4H3,(H,21,22). The van der Waals surface area contributed by atoms with E-state index in [4.69, 9.17) is 0 Å². The Balaban J connectivity index is 2.48. The molecule has 4 nitrogen and oxygen atoms in total. The molecule has 2 rings (SSSR count). The van der Waals surface area contributed by atoms with Crippen LogP contribution in [-0.4, -0.2) is 33.1 Å². The number of alkyl halides is 3. The predicted molar refractivity (Wildman–Crippen MR) is 85.5 cm³/mol. The first-order chi connectivity index (χ1) is 11.1. The highest BCUT2D eigenvalue weighted by Crippen LogP contribution is 2.31. The SMILES string of the molecule is CC(C)N(C(=O)c1ccccc1-c1cc(C(F)(F)F)[nH]n1)C(C)C. The number of H-pyrrole nitrogens is 1. The van der Waals surface area contributed by atoms with Crippen LogP contribution in [0.5, 0.6) is 0 Å². The molecule has 0 radical (unpaired) electrons. The average Bonchev–Trinajstić information content (AvgIpc) is 2.96. The Kier molecular flexibility index (Phi) is 5.01. The van der Waals surface area contributed by atoms with Crippen molar-refractivity contribution < 1.29 is 18.0 Å². The van der Waals surface area contributed by atoms with Crippen molar-refractivity contribution in [3.63, 3.8) is 0 Å². The largest absolute Gasteiger partial charge is 0.432 e. The Labute approximate surface area is 138 Å². The van der Waals surface area contributed by atoms with Gasteiger partial charge in [-0.3, -0.25) is 9.89 Å². The molecule has 7 heteroatoms. The molecule has 1 heterocycles. The van der Waals surface area contributed by atoms with E-state index in [1.165, 1.54) is 0 Å². The van der Waals surface area contributed by atoms with Crippen molar-refractivity contribution in [1.82, 2.24) is 15.1 Å². The predicted octanol–water partition coefficient (Wildman–Crippen LogP) is 4.35. The molecular weight excluding hydrogens is 319 g/mol. The fourth-order valence-electron chi connectivity index (χ4n) is 2.70. The average molecular weight is 339 g/mol. The molecule has 0 saturated carbocycles. The highest BCUT2D eigenvalue weighted by molar-refractivity contribution is 6.00. The van der Waals surface area contributed by atoms with Gasteiger partial charge in [0.05, 0.1) is 5.69 Å². The molecule has 0 aliphatic carbocycles. The fraction of sp³-hybridized carbons (Fsp3) is 0.412. The van der Waals surface area contributed by atoms with Gasteiger partial charge in [-0.2, -0.15) is 18.3 Å². The summed E-state index contributed by atoms with van der Waals surface area (Å²) >= 11 is 0. The summed E-state index contributed by atoms with van der Waals surface area (Å²) in [6.45, 7) is 7.60. The van der Waals surface area contributed by atoms with Crippen molar-refractivity contribution in [3.05, 3.63) is 41.6 Å². The number of aromatic nitrogens is 2. The van der Waals surface area contributed by atoms with E-state index in [0.717, 1.165) is 6.07 Å². The first-order valence-electron chi connectivity index (χ1n) is 7.67. The molecule has 2 aromatic rings. The second-order valence-corrected chi connectivity index (χ2v) is 6.11. The monoisotopic (exact) mass is 339 g/mol. The van der Waals surface area contributed by atoms with E-state index >= 15 is 0 Å². The highest BCUT2D eigenvalue weighted by atomic mass is 19.4. The molecule has 24 heavy (non-hydrogen) atoms. The fourth-order valence-corrected chi connectivity index (χ4v) is 2.70. The summed E-state index contributed by atoms with van der Waals surface area (Å²) in [6, 6.07) is 7.42. The Morgan fingerprint density at radius 3 is 2.21 bits per heavy atom. The van der Waals surface area contributed by atoms with Crippen LogP contribution in [0, 0.1) is 0 Å². The lowest BCUT2D eigenvalue weighted by Crippen LogP contribution is -2.42. The van der Waals surface area contributed by atoms with E-state index < -0.39 is 11.9 Å². The van der Waals surface area contributed by atoms with Crippen molar-refractivity contribution in [1.29, 1.82) is 0 Å². The molecular formula is C17H20F3N3O. The molecule has 0 saturated heterocycles. The minimum atomic E-state index is -4.51. The number of halogens is 3. The summed E-state index contributed by atoms with van der Waals surface area (Å²) < 4.78 is 38.3. The van der Waals surface area contributed by atoms with Crippen LogP contribution in [0.25, 0.3) is 11.3 Å². The molecule has 0 spiro atoms. The minimum Gasteiger partial charge on any atom is -0.334 e. The van der Waals surface area contributed by atoms with Gasteiger partial charge in [-0.25, -0.2) is 0 Å². The summed E-state index contributed by atoms with van der Waals surface area (Å²) in [4.78, 5) is 14.6. The summed E-state index contributed by atoms with van der Waals surface area (Å²) in [5.41, 5.74) is -0.135. The van der Waals surface area contributed by atoms with E-state index in [0.29, 0.717) is 11.1 Å². The van der Waals surface area contributed by atoms with Crippen molar-refractivity contribution in [3.8, 4) is 11.3 Å². The van der Waals surface area contributed by atoms with Crippen molar-refractivity contribution in [2.45, 2.75) is 46.0 Å². The molecule has 0 fully saturated rings. The quantitative estimate of drug-likeness (QED) is 0.900. The van der Waals surface area contributed by atoms with Crippen LogP contribution in [0.2, 0.25) is 0 Å². The van der Waals surface area contributed by atoms with Gasteiger partial charge in [0, 0.05) is 23.2 Å². The lowest BCUT2D eigenvalue weighted by molar-refractivity contribution is -0.141. The van der Waals surface area contributed by atoms with Crippen LogP contribution in [0.15, 0.2) is 30.3 Å². The van der Waals surface area contributed by atoms with E-state index in [-0.39, 0.29) is 23.7 Å². The number of carbonyl (C=O) groups is 1. The van der Waals surface area contributed by atoms with Crippen molar-refractivity contribution in [2.24, 2.45) is 0 Å². The molecule has 0 unspecified atom stereocenters. The molecule has 130 valence electrons. The van der Waals surface area contributed by atoms with Gasteiger partial charge in [0.2, 0.25) is 0 Å². The number of hydrogen-bond donors (Lipinski definition) is 1. The number of hydrogen-bond acceptors (Lipinski definition) is 2. The van der Waals surface area contributed by atoms with Gasteiger partial charge in [0.25, 0.3) is 5.91 Å². The minimum absolute atomic E-state index is 0.0320. The summed E-state index contributed by atoms with van der Waals surface area (Å²) in [6.07, 6.45) is -4.51. The first kappa shape index (κ1) is 18.0. The van der Waals surface area contributed by atoms with Crippen LogP contribution in [0.4, 0.5) is 13.2 Å². The third-order valence-electron chi connectivity index (χ3n) is 3.66. The molecule has 1 amide bonds. The van der Waals surface area contributed by atoms with Crippen LogP contribution < -0.4 is 0 Å². The molecule has 0 aliphatic heterocycles. The number of nitrogens with one attached hydrogen (secondary N) is 1. The summed E-state index contributed by atoms with van der Waals surface area (Å²) in [5, 5.41) is 5.71. The topological polar surface area (TPSA) is 49.0 Å². The molecule has 0 bridgehead atoms. The number of rotatable bonds is 4. The van der Waals surface area contributed by atoms with Gasteiger partial charge in [-0.1, -0.05) is 18.2 Å². The smallest absolute Gasteiger partial charge is 0.334 e. The summed E-state index contributed by atoms with van der Waals surface area (Å²) in [5.74, 6) is -0.229. The van der Waals surface area contributed by atoms with Gasteiger partial charge in [0.1, 0.15) is 5.69 Å². The lowest BCUT2D eigenvalue weighted by atomic mass is 10.0. The number of benzene rings is 1. The second-order valence-electron chi connectivity index (χ2n) is 6.11. The van der Waals surface area contributed by atoms with Crippen LogP contribution in [-0.2, 0) is 6.18 Å². The molecule has 1 N–H and O–H groups in total. The third kappa shape index (κ3) is 3.60. The maximum absolute atomic E-state index is 12.9. The van der Waals surface area contributed by atoms with Gasteiger partial charge < -0.3 is 4.90 Å². The second kappa shape index (κ2) is 6.67. The highest BCUT2D eigenvalue weighted by Gasteiger charge is 2.33. The Morgan fingerprint density at radius 1 is 1.12 bits per heavy atom. The Hall–Kier alpha value is -2.31. The van der Waals surface area contributed by atoms with E-state index in [1.54, 1.807) is 29.2 Å². The number of carbonyl (C=O) groups excluding carboxylic acids is 1. The lowest BCUT2D eigenvalue weighted by Gasteiger charge is -2.31. The van der Waals surface area contributed by atoms with Crippen molar-refractivity contribution in [2.75, 3.05) is 0 Å². The first-order valence-corrected chi connectivity index (χ1v) is 7.67. The Bertz CT molecular complexity index is 712. The van der Waals surface area contributed by atoms with E-state index in [9.17, 15) is 18.0 Å². The number of nitrogens with zero attached hydrogens (tertiary/aromatic N) is 2. The van der Waals surface area contributed by atoms with Gasteiger partial charge >= 0.3 is 6.18 Å². The van der Waals surface area contributed by atoms with Crippen LogP contribution in [0.1, 0.15) is 43.7 Å². The molecule has 1 aromatic heterocycles. The molecule has 0 atom stereocenters. The zero-order chi connectivity index (χ0) is 18.1. The van der Waals surface area contributed by atoms with Crippen LogP contribution in [0.3, 0.4) is 0 Å². The number of aromatic amines is 1. The van der Waals surface area contributed by atoms with Crippen molar-refractivity contribution >= 4 is 5.91 Å². The number of amides is 1. The maximum atomic E-state index is 12.9. The van der Waals surface area contributed by atoms with E-state index in [2.05, 4.69) is 5.10 Å². The maximum Gasteiger partial charge on any atom is 0.432 e. The van der Waals surface area contributed by atoms with Gasteiger partial charge in [-0.15, -0.1) is 0 Å². The normalized spacial score (nSPS) is 12.0. The molecule has 1 aromatic carbocycles. The Morgan fingerprint density at radius 2 is 1.71 bits per heavy atom. The molecule has 0 aliphatic rings.